The Morgan fingerprint density at radius 3 is 1.83 bits per heavy atom. The van der Waals surface area contributed by atoms with Gasteiger partial charge >= 0.3 is 5.97 Å². The highest BCUT2D eigenvalue weighted by Gasteiger charge is 2.20. The molecule has 4 heteroatoms. The molecule has 0 fully saturated rings. The van der Waals surface area contributed by atoms with Crippen molar-refractivity contribution in [2.24, 2.45) is 0 Å². The molecule has 3 aromatic rings. The van der Waals surface area contributed by atoms with Gasteiger partial charge in [-0.05, 0) is 65.9 Å². The fourth-order valence-corrected chi connectivity index (χ4v) is 3.26. The second-order valence-electron chi connectivity index (χ2n) is 7.01. The Balaban J connectivity index is 1.67. The Bertz CT molecular complexity index is 913. The third kappa shape index (κ3) is 5.61. The van der Waals surface area contributed by atoms with E-state index in [1.54, 1.807) is 31.4 Å². The summed E-state index contributed by atoms with van der Waals surface area (Å²) >= 11 is 0. The summed E-state index contributed by atoms with van der Waals surface area (Å²) < 4.78 is 11.0. The van der Waals surface area contributed by atoms with E-state index >= 15 is 0 Å². The first-order valence-electron chi connectivity index (χ1n) is 9.81. The normalized spacial score (nSPS) is 11.7. The molecule has 0 heterocycles. The maximum atomic E-state index is 11.8. The molecule has 0 saturated carbocycles. The molecular weight excluding hydrogens is 364 g/mol. The molecule has 0 radical (unpaired) electrons. The van der Waals surface area contributed by atoms with E-state index < -0.39 is 11.9 Å². The Labute approximate surface area is 171 Å². The van der Waals surface area contributed by atoms with Gasteiger partial charge in [0.05, 0.1) is 13.0 Å². The van der Waals surface area contributed by atoms with Crippen molar-refractivity contribution >= 4 is 5.97 Å². The van der Waals surface area contributed by atoms with Crippen LogP contribution in [0.5, 0.6) is 17.2 Å². The van der Waals surface area contributed by atoms with Gasteiger partial charge in [0, 0.05) is 0 Å². The van der Waals surface area contributed by atoms with Crippen LogP contribution in [-0.4, -0.2) is 18.2 Å². The van der Waals surface area contributed by atoms with Gasteiger partial charge in [0.1, 0.15) is 17.2 Å². The molecule has 0 aliphatic heterocycles. The van der Waals surface area contributed by atoms with Crippen LogP contribution in [0, 0.1) is 0 Å². The van der Waals surface area contributed by atoms with Crippen LogP contribution in [0.3, 0.4) is 0 Å². The zero-order valence-corrected chi connectivity index (χ0v) is 16.8. The van der Waals surface area contributed by atoms with Gasteiger partial charge in [-0.25, -0.2) is 0 Å². The SMILES string of the molecule is CCCc1ccc(Oc2ccc(CC(C(=O)O)c3ccc(OC)cc3)cc2)cc1. The fraction of sp³-hybridized carbons (Fsp3) is 0.240. The van der Waals surface area contributed by atoms with Crippen molar-refractivity contribution in [1.82, 2.24) is 0 Å². The first-order chi connectivity index (χ1) is 14.1. The van der Waals surface area contributed by atoms with Crippen LogP contribution in [0.2, 0.25) is 0 Å². The second kappa shape index (κ2) is 9.78. The molecule has 3 rings (SSSR count). The maximum Gasteiger partial charge on any atom is 0.311 e. The van der Waals surface area contributed by atoms with Crippen molar-refractivity contribution in [2.75, 3.05) is 7.11 Å². The smallest absolute Gasteiger partial charge is 0.311 e. The lowest BCUT2D eigenvalue weighted by Gasteiger charge is -2.14. The number of carboxylic acids is 1. The Kier molecular flexibility index (Phi) is 6.90. The topological polar surface area (TPSA) is 55.8 Å². The molecule has 0 spiro atoms. The summed E-state index contributed by atoms with van der Waals surface area (Å²) in [6.45, 7) is 2.16. The summed E-state index contributed by atoms with van der Waals surface area (Å²) in [5, 5.41) is 9.67. The summed E-state index contributed by atoms with van der Waals surface area (Å²) in [7, 11) is 1.59. The molecule has 3 aromatic carbocycles. The van der Waals surface area contributed by atoms with Crippen molar-refractivity contribution in [2.45, 2.75) is 32.1 Å². The largest absolute Gasteiger partial charge is 0.497 e. The summed E-state index contributed by atoms with van der Waals surface area (Å²) in [4.78, 5) is 11.8. The third-order valence-corrected chi connectivity index (χ3v) is 4.88. The van der Waals surface area contributed by atoms with Gasteiger partial charge in [-0.15, -0.1) is 0 Å². The monoisotopic (exact) mass is 390 g/mol. The molecule has 0 saturated heterocycles. The van der Waals surface area contributed by atoms with E-state index in [2.05, 4.69) is 19.1 Å². The van der Waals surface area contributed by atoms with E-state index in [0.29, 0.717) is 12.2 Å². The standard InChI is InChI=1S/C25H26O4/c1-3-4-18-5-11-22(12-6-18)29-23-13-7-19(8-14-23)17-24(25(26)27)20-9-15-21(28-2)16-10-20/h5-16,24H,3-4,17H2,1-2H3,(H,26,27). The molecule has 0 aliphatic carbocycles. The highest BCUT2D eigenvalue weighted by atomic mass is 16.5. The van der Waals surface area contributed by atoms with Crippen LogP contribution in [0.25, 0.3) is 0 Å². The van der Waals surface area contributed by atoms with E-state index in [0.717, 1.165) is 35.5 Å². The maximum absolute atomic E-state index is 11.8. The molecule has 1 N–H and O–H groups in total. The van der Waals surface area contributed by atoms with Gasteiger partial charge in [0.15, 0.2) is 0 Å². The van der Waals surface area contributed by atoms with Crippen LogP contribution in [0.4, 0.5) is 0 Å². The molecule has 0 bridgehead atoms. The summed E-state index contributed by atoms with van der Waals surface area (Å²) in [6.07, 6.45) is 2.59. The number of methoxy groups -OCH3 is 1. The van der Waals surface area contributed by atoms with Crippen molar-refractivity contribution < 1.29 is 19.4 Å². The predicted octanol–water partition coefficient (Wildman–Crippen LogP) is 5.85. The molecule has 4 nitrogen and oxygen atoms in total. The number of ether oxygens (including phenoxy) is 2. The minimum Gasteiger partial charge on any atom is -0.497 e. The molecular formula is C25H26O4. The number of aliphatic carboxylic acids is 1. The number of carbonyl (C=O) groups is 1. The number of benzene rings is 3. The number of carboxylic acid groups (broad SMARTS) is 1. The van der Waals surface area contributed by atoms with E-state index in [4.69, 9.17) is 9.47 Å². The van der Waals surface area contributed by atoms with E-state index in [1.165, 1.54) is 5.56 Å². The minimum absolute atomic E-state index is 0.410. The molecule has 29 heavy (non-hydrogen) atoms. The minimum atomic E-state index is -0.845. The number of aryl methyl sites for hydroxylation is 1. The van der Waals surface area contributed by atoms with Crippen LogP contribution >= 0.6 is 0 Å². The molecule has 0 amide bonds. The predicted molar refractivity (Wildman–Crippen MR) is 114 cm³/mol. The Morgan fingerprint density at radius 1 is 0.828 bits per heavy atom. The van der Waals surface area contributed by atoms with E-state index in [1.807, 2.05) is 36.4 Å². The van der Waals surface area contributed by atoms with Gasteiger partial charge in [-0.1, -0.05) is 49.7 Å². The van der Waals surface area contributed by atoms with Crippen molar-refractivity contribution in [3.8, 4) is 17.2 Å². The zero-order chi connectivity index (χ0) is 20.6. The number of hydrogen-bond donors (Lipinski definition) is 1. The first kappa shape index (κ1) is 20.5. The molecule has 1 atom stereocenters. The average Bonchev–Trinajstić information content (AvgIpc) is 2.75. The van der Waals surface area contributed by atoms with Crippen LogP contribution in [0.15, 0.2) is 72.8 Å². The summed E-state index contributed by atoms with van der Waals surface area (Å²) in [5.74, 6) is 0.774. The molecule has 0 aromatic heterocycles. The van der Waals surface area contributed by atoms with Crippen molar-refractivity contribution in [1.29, 1.82) is 0 Å². The summed E-state index contributed by atoms with van der Waals surface area (Å²) in [6, 6.07) is 22.9. The molecule has 150 valence electrons. The second-order valence-corrected chi connectivity index (χ2v) is 7.01. The molecule has 1 unspecified atom stereocenters. The number of rotatable bonds is 9. The number of hydrogen-bond acceptors (Lipinski definition) is 3. The van der Waals surface area contributed by atoms with Crippen LogP contribution in [0.1, 0.15) is 36.0 Å². The van der Waals surface area contributed by atoms with E-state index in [-0.39, 0.29) is 0 Å². The molecule has 0 aliphatic rings. The van der Waals surface area contributed by atoms with Gasteiger partial charge in [0.25, 0.3) is 0 Å². The fourth-order valence-electron chi connectivity index (χ4n) is 3.26. The summed E-state index contributed by atoms with van der Waals surface area (Å²) in [5.41, 5.74) is 3.00. The van der Waals surface area contributed by atoms with Gasteiger partial charge in [0.2, 0.25) is 0 Å². The van der Waals surface area contributed by atoms with Crippen LogP contribution in [-0.2, 0) is 17.6 Å². The van der Waals surface area contributed by atoms with Gasteiger partial charge in [-0.2, -0.15) is 0 Å². The Morgan fingerprint density at radius 2 is 1.34 bits per heavy atom. The van der Waals surface area contributed by atoms with Gasteiger partial charge in [-0.3, -0.25) is 4.79 Å². The highest BCUT2D eigenvalue weighted by Crippen LogP contribution is 2.26. The lowest BCUT2D eigenvalue weighted by molar-refractivity contribution is -0.138. The van der Waals surface area contributed by atoms with E-state index in [9.17, 15) is 9.90 Å². The highest BCUT2D eigenvalue weighted by molar-refractivity contribution is 5.76. The Hall–Kier alpha value is -3.27. The lowest BCUT2D eigenvalue weighted by Crippen LogP contribution is -2.14. The quantitative estimate of drug-likeness (QED) is 0.498. The van der Waals surface area contributed by atoms with Crippen molar-refractivity contribution in [3.05, 3.63) is 89.5 Å². The lowest BCUT2D eigenvalue weighted by atomic mass is 9.92. The first-order valence-corrected chi connectivity index (χ1v) is 9.81. The third-order valence-electron chi connectivity index (χ3n) is 4.88. The van der Waals surface area contributed by atoms with Crippen molar-refractivity contribution in [3.63, 3.8) is 0 Å². The van der Waals surface area contributed by atoms with Crippen LogP contribution < -0.4 is 9.47 Å². The average molecular weight is 390 g/mol. The zero-order valence-electron chi connectivity index (χ0n) is 16.8. The van der Waals surface area contributed by atoms with Gasteiger partial charge < -0.3 is 14.6 Å².